The van der Waals surface area contributed by atoms with Gasteiger partial charge in [0.25, 0.3) is 0 Å². The number of esters is 1. The van der Waals surface area contributed by atoms with Crippen molar-refractivity contribution < 1.29 is 9.53 Å². The largest absolute Gasteiger partial charge is 0.454 e. The van der Waals surface area contributed by atoms with Gasteiger partial charge < -0.3 is 4.74 Å². The highest BCUT2D eigenvalue weighted by Gasteiger charge is 2.22. The molecule has 0 fully saturated rings. The zero-order chi connectivity index (χ0) is 14.4. The lowest BCUT2D eigenvalue weighted by Crippen LogP contribution is -2.18. The number of carbonyl (C=O) groups is 1. The summed E-state index contributed by atoms with van der Waals surface area (Å²) in [7, 11) is 0. The van der Waals surface area contributed by atoms with Crippen LogP contribution in [0.2, 0.25) is 0 Å². The van der Waals surface area contributed by atoms with E-state index in [0.717, 1.165) is 12.0 Å². The van der Waals surface area contributed by atoms with Crippen LogP contribution in [0.3, 0.4) is 0 Å². The fourth-order valence-corrected chi connectivity index (χ4v) is 2.23. The van der Waals surface area contributed by atoms with Crippen molar-refractivity contribution in [1.82, 2.24) is 0 Å². The smallest absolute Gasteiger partial charge is 0.333 e. The van der Waals surface area contributed by atoms with Gasteiger partial charge in [-0.2, -0.15) is 0 Å². The second-order valence-corrected chi connectivity index (χ2v) is 5.65. The van der Waals surface area contributed by atoms with Gasteiger partial charge in [-0.05, 0) is 43.2 Å². The Morgan fingerprint density at radius 1 is 1.47 bits per heavy atom. The summed E-state index contributed by atoms with van der Waals surface area (Å²) in [4.78, 5) is 13.0. The van der Waals surface area contributed by atoms with Gasteiger partial charge >= 0.3 is 5.97 Å². The molecule has 3 heteroatoms. The van der Waals surface area contributed by atoms with Crippen LogP contribution in [0.5, 0.6) is 0 Å². The van der Waals surface area contributed by atoms with E-state index in [1.54, 1.807) is 18.7 Å². The summed E-state index contributed by atoms with van der Waals surface area (Å²) >= 11 is 1.69. The number of hydrogen-bond acceptors (Lipinski definition) is 3. The van der Waals surface area contributed by atoms with Crippen LogP contribution >= 0.6 is 11.8 Å². The molecule has 0 spiro atoms. The normalized spacial score (nSPS) is 13.7. The van der Waals surface area contributed by atoms with Crippen molar-refractivity contribution >= 4 is 17.7 Å². The maximum Gasteiger partial charge on any atom is 0.333 e. The standard InChI is InChI=1S/C16H22O2S/c1-6-12(4)15(18-16(17)11(2)3)13-8-7-9-14(10-13)19-5/h7-10,12,15H,2,6H2,1,3-5H3. The monoisotopic (exact) mass is 278 g/mol. The Labute approximate surface area is 120 Å². The summed E-state index contributed by atoms with van der Waals surface area (Å²) in [5, 5.41) is 0. The maximum absolute atomic E-state index is 11.8. The van der Waals surface area contributed by atoms with Crippen LogP contribution in [0, 0.1) is 5.92 Å². The number of carbonyl (C=O) groups excluding carboxylic acids is 1. The van der Waals surface area contributed by atoms with Crippen molar-refractivity contribution in [3.8, 4) is 0 Å². The predicted molar refractivity (Wildman–Crippen MR) is 81.3 cm³/mol. The Morgan fingerprint density at radius 2 is 2.16 bits per heavy atom. The van der Waals surface area contributed by atoms with Crippen molar-refractivity contribution in [3.05, 3.63) is 42.0 Å². The average Bonchev–Trinajstić information content (AvgIpc) is 2.43. The first kappa shape index (κ1) is 15.8. The second kappa shape index (κ2) is 7.39. The maximum atomic E-state index is 11.8. The average molecular weight is 278 g/mol. The number of thioether (sulfide) groups is 1. The number of rotatable bonds is 6. The Bertz CT molecular complexity index is 454. The van der Waals surface area contributed by atoms with Gasteiger partial charge in [0.15, 0.2) is 0 Å². The molecule has 2 nitrogen and oxygen atoms in total. The molecule has 0 aromatic heterocycles. The molecule has 0 aliphatic rings. The Hall–Kier alpha value is -1.22. The number of hydrogen-bond donors (Lipinski definition) is 0. The second-order valence-electron chi connectivity index (χ2n) is 4.77. The quantitative estimate of drug-likeness (QED) is 0.431. The third-order valence-electron chi connectivity index (χ3n) is 3.17. The highest BCUT2D eigenvalue weighted by atomic mass is 32.2. The van der Waals surface area contributed by atoms with Crippen LogP contribution in [-0.2, 0) is 9.53 Å². The molecule has 0 aliphatic heterocycles. The highest BCUT2D eigenvalue weighted by molar-refractivity contribution is 7.98. The topological polar surface area (TPSA) is 26.3 Å². The minimum Gasteiger partial charge on any atom is -0.454 e. The molecule has 0 N–H and O–H groups in total. The Kier molecular flexibility index (Phi) is 6.16. The summed E-state index contributed by atoms with van der Waals surface area (Å²) in [5.74, 6) is -0.0414. The fourth-order valence-electron chi connectivity index (χ4n) is 1.76. The molecule has 0 bridgehead atoms. The zero-order valence-corrected chi connectivity index (χ0v) is 12.9. The van der Waals surface area contributed by atoms with Gasteiger partial charge in [0.1, 0.15) is 6.10 Å². The van der Waals surface area contributed by atoms with Gasteiger partial charge in [-0.1, -0.05) is 32.6 Å². The van der Waals surface area contributed by atoms with E-state index >= 15 is 0 Å². The molecule has 1 aromatic rings. The fraction of sp³-hybridized carbons (Fsp3) is 0.438. The van der Waals surface area contributed by atoms with E-state index in [2.05, 4.69) is 32.6 Å². The van der Waals surface area contributed by atoms with Crippen molar-refractivity contribution in [3.63, 3.8) is 0 Å². The summed E-state index contributed by atoms with van der Waals surface area (Å²) in [6.07, 6.45) is 2.79. The number of ether oxygens (including phenoxy) is 1. The van der Waals surface area contributed by atoms with E-state index in [1.165, 1.54) is 4.90 Å². The molecule has 2 unspecified atom stereocenters. The lowest BCUT2D eigenvalue weighted by molar-refractivity contribution is -0.147. The third-order valence-corrected chi connectivity index (χ3v) is 3.89. The van der Waals surface area contributed by atoms with Gasteiger partial charge in [-0.15, -0.1) is 11.8 Å². The SMILES string of the molecule is C=C(C)C(=O)OC(c1cccc(SC)c1)C(C)CC. The van der Waals surface area contributed by atoms with Crippen LogP contribution in [-0.4, -0.2) is 12.2 Å². The van der Waals surface area contributed by atoms with E-state index in [1.807, 2.05) is 18.4 Å². The molecule has 0 saturated heterocycles. The lowest BCUT2D eigenvalue weighted by atomic mass is 9.95. The lowest BCUT2D eigenvalue weighted by Gasteiger charge is -2.24. The molecule has 1 aromatic carbocycles. The summed E-state index contributed by atoms with van der Waals surface area (Å²) in [5.41, 5.74) is 1.49. The van der Waals surface area contributed by atoms with Crippen molar-refractivity contribution in [1.29, 1.82) is 0 Å². The van der Waals surface area contributed by atoms with E-state index in [4.69, 9.17) is 4.74 Å². The predicted octanol–water partition coefficient (Wildman–Crippen LogP) is 4.62. The molecular weight excluding hydrogens is 256 g/mol. The minimum absolute atomic E-state index is 0.207. The van der Waals surface area contributed by atoms with Crippen LogP contribution in [0.15, 0.2) is 41.3 Å². The molecule has 0 amide bonds. The van der Waals surface area contributed by atoms with Gasteiger partial charge in [0.05, 0.1) is 0 Å². The summed E-state index contributed by atoms with van der Waals surface area (Å²) < 4.78 is 5.60. The molecule has 0 aliphatic carbocycles. The van der Waals surface area contributed by atoms with E-state index < -0.39 is 0 Å². The Balaban J connectivity index is 3.01. The van der Waals surface area contributed by atoms with Gasteiger partial charge in [0.2, 0.25) is 0 Å². The molecule has 0 radical (unpaired) electrons. The third kappa shape index (κ3) is 4.43. The summed E-state index contributed by atoms with van der Waals surface area (Å²) in [6, 6.07) is 8.17. The van der Waals surface area contributed by atoms with E-state index in [9.17, 15) is 4.79 Å². The molecule has 104 valence electrons. The van der Waals surface area contributed by atoms with Crippen LogP contribution in [0.4, 0.5) is 0 Å². The van der Waals surface area contributed by atoms with Crippen molar-refractivity contribution in [2.24, 2.45) is 5.92 Å². The first-order valence-electron chi connectivity index (χ1n) is 6.50. The van der Waals surface area contributed by atoms with Gasteiger partial charge in [-0.25, -0.2) is 4.79 Å². The molecule has 1 rings (SSSR count). The molecule has 0 heterocycles. The van der Waals surface area contributed by atoms with E-state index in [-0.39, 0.29) is 18.0 Å². The highest BCUT2D eigenvalue weighted by Crippen LogP contribution is 2.31. The Morgan fingerprint density at radius 3 is 2.68 bits per heavy atom. The van der Waals surface area contributed by atoms with Gasteiger partial charge in [0, 0.05) is 10.5 Å². The van der Waals surface area contributed by atoms with Crippen LogP contribution in [0.1, 0.15) is 38.9 Å². The first-order valence-corrected chi connectivity index (χ1v) is 7.72. The minimum atomic E-state index is -0.320. The zero-order valence-electron chi connectivity index (χ0n) is 12.1. The van der Waals surface area contributed by atoms with Crippen molar-refractivity contribution in [2.75, 3.05) is 6.26 Å². The van der Waals surface area contributed by atoms with Crippen LogP contribution < -0.4 is 0 Å². The number of benzene rings is 1. The molecule has 0 saturated carbocycles. The molecule has 2 atom stereocenters. The van der Waals surface area contributed by atoms with Crippen molar-refractivity contribution in [2.45, 2.75) is 38.2 Å². The molecular formula is C16H22O2S. The van der Waals surface area contributed by atoms with Crippen LogP contribution in [0.25, 0.3) is 0 Å². The first-order chi connectivity index (χ1) is 8.99. The molecule has 19 heavy (non-hydrogen) atoms. The van der Waals surface area contributed by atoms with E-state index in [0.29, 0.717) is 5.57 Å². The van der Waals surface area contributed by atoms with Gasteiger partial charge in [-0.3, -0.25) is 0 Å². The summed E-state index contributed by atoms with van der Waals surface area (Å²) in [6.45, 7) is 9.52.